The molecule has 2 aliphatic carbocycles. The van der Waals surface area contributed by atoms with Gasteiger partial charge in [-0.3, -0.25) is 5.32 Å². The van der Waals surface area contributed by atoms with E-state index in [0.29, 0.717) is 54.9 Å². The molecule has 8 rings (SSSR count). The standard InChI is InChI=1S/C23H30N4O2.C20H25P.C19H23N3O3/c1-16-7-10-19(11-8-16)15-24-22(28)26-20-12-9-17(2)21(13-20)27-23(29)25-14-18-5-3-4-6-18;1-16(2)19-14-9-15-20(19)21(17-10-5-3-6-11-17)18-12-7-4-8-13-18;1-4-25-19(24)22-17-11-16(10-7-14(17)3)21-18(23)20-12-15-8-5-13(2)6-9-15/h7-13,18H,3-6,14-15H2,1-2H3,(H2,24,26,28)(H2,25,27,29);3-8,10-13,16,19-20H,9,14-15H2,1-2H3;5-11H,4,12H2,1-3H3,(H,22,24)(H2,20,21,23). The van der Waals surface area contributed by atoms with Gasteiger partial charge in [-0.1, -0.05) is 166 Å². The lowest BCUT2D eigenvalue weighted by Gasteiger charge is -2.32. The highest BCUT2D eigenvalue weighted by Crippen LogP contribution is 2.52. The molecule has 0 radical (unpaired) electrons. The molecule has 2 saturated carbocycles. The largest absolute Gasteiger partial charge is 0.450 e. The van der Waals surface area contributed by atoms with Gasteiger partial charge in [0.2, 0.25) is 0 Å². The fourth-order valence-electron chi connectivity index (χ4n) is 9.47. The van der Waals surface area contributed by atoms with Crippen LogP contribution in [0.25, 0.3) is 0 Å². The van der Waals surface area contributed by atoms with Crippen molar-refractivity contribution in [3.05, 3.63) is 179 Å². The van der Waals surface area contributed by atoms with Crippen LogP contribution in [0, 0.1) is 45.4 Å². The van der Waals surface area contributed by atoms with Gasteiger partial charge in [0, 0.05) is 42.4 Å². The molecule has 6 aromatic carbocycles. The van der Waals surface area contributed by atoms with Crippen molar-refractivity contribution in [2.24, 2.45) is 17.8 Å². The van der Waals surface area contributed by atoms with Crippen LogP contribution >= 0.6 is 7.92 Å². The van der Waals surface area contributed by atoms with Crippen LogP contribution in [-0.4, -0.2) is 43.0 Å². The van der Waals surface area contributed by atoms with Crippen molar-refractivity contribution < 1.29 is 23.9 Å². The minimum absolute atomic E-state index is 0.207. The van der Waals surface area contributed by atoms with Crippen LogP contribution < -0.4 is 47.8 Å². The Morgan fingerprint density at radius 2 is 1.00 bits per heavy atom. The number of hydrogen-bond acceptors (Lipinski definition) is 5. The van der Waals surface area contributed by atoms with E-state index in [1.807, 2.05) is 94.4 Å². The zero-order chi connectivity index (χ0) is 53.5. The first-order chi connectivity index (χ1) is 36.2. The molecule has 0 aliphatic heterocycles. The van der Waals surface area contributed by atoms with Crippen LogP contribution in [0.5, 0.6) is 0 Å². The summed E-state index contributed by atoms with van der Waals surface area (Å²) < 4.78 is 4.87. The van der Waals surface area contributed by atoms with Crippen molar-refractivity contribution in [3.63, 3.8) is 0 Å². The first-order valence-corrected chi connectivity index (χ1v) is 28.0. The number of rotatable bonds is 15. The molecule has 2 aliphatic rings. The Labute approximate surface area is 446 Å². The average molecular weight is 1030 g/mol. The summed E-state index contributed by atoms with van der Waals surface area (Å²) >= 11 is 0. The van der Waals surface area contributed by atoms with Crippen molar-refractivity contribution in [2.45, 2.75) is 112 Å². The fraction of sp³-hybridized carbons (Fsp3) is 0.355. The van der Waals surface area contributed by atoms with Gasteiger partial charge in [0.1, 0.15) is 0 Å². The number of nitrogens with one attached hydrogen (secondary N) is 7. The van der Waals surface area contributed by atoms with Crippen LogP contribution in [0.15, 0.2) is 146 Å². The molecule has 13 heteroatoms. The van der Waals surface area contributed by atoms with E-state index >= 15 is 0 Å². The van der Waals surface area contributed by atoms with E-state index in [1.54, 1.807) is 35.7 Å². The van der Waals surface area contributed by atoms with Gasteiger partial charge in [0.25, 0.3) is 0 Å². The van der Waals surface area contributed by atoms with Crippen LogP contribution in [0.2, 0.25) is 0 Å². The minimum Gasteiger partial charge on any atom is -0.450 e. The molecular weight excluding hydrogens is 954 g/mol. The van der Waals surface area contributed by atoms with Gasteiger partial charge in [-0.25, -0.2) is 19.2 Å². The van der Waals surface area contributed by atoms with Crippen LogP contribution in [0.1, 0.15) is 99.1 Å². The van der Waals surface area contributed by atoms with Crippen LogP contribution in [-0.2, 0) is 17.8 Å². The molecule has 0 saturated heterocycles. The number of hydrogen-bond donors (Lipinski definition) is 7. The summed E-state index contributed by atoms with van der Waals surface area (Å²) in [5, 5.41) is 22.8. The first-order valence-electron chi connectivity index (χ1n) is 26.5. The molecule has 2 fully saturated rings. The number of benzene rings is 6. The molecule has 12 nitrogen and oxygen atoms in total. The molecular formula is C62H78N7O5P. The zero-order valence-electron chi connectivity index (χ0n) is 44.9. The van der Waals surface area contributed by atoms with Crippen molar-refractivity contribution in [3.8, 4) is 0 Å². The first kappa shape index (κ1) is 57.1. The maximum absolute atomic E-state index is 12.2. The summed E-state index contributed by atoms with van der Waals surface area (Å²) in [4.78, 5) is 48.0. The summed E-state index contributed by atoms with van der Waals surface area (Å²) in [7, 11) is -0.224. The predicted octanol–water partition coefficient (Wildman–Crippen LogP) is 14.1. The number of carbonyl (C=O) groups is 4. The van der Waals surface area contributed by atoms with E-state index < -0.39 is 6.09 Å². The predicted molar refractivity (Wildman–Crippen MR) is 311 cm³/mol. The molecule has 2 atom stereocenters. The molecule has 75 heavy (non-hydrogen) atoms. The van der Waals surface area contributed by atoms with Gasteiger partial charge >= 0.3 is 24.2 Å². The highest BCUT2D eigenvalue weighted by molar-refractivity contribution is 7.73. The molecule has 7 amide bonds. The van der Waals surface area contributed by atoms with E-state index in [-0.39, 0.29) is 26.0 Å². The second-order valence-corrected chi connectivity index (χ2v) is 22.4. The lowest BCUT2D eigenvalue weighted by molar-refractivity contribution is 0.168. The quantitative estimate of drug-likeness (QED) is 0.0509. The van der Waals surface area contributed by atoms with Gasteiger partial charge in [-0.2, -0.15) is 0 Å². The van der Waals surface area contributed by atoms with Crippen LogP contribution in [0.4, 0.5) is 41.9 Å². The Kier molecular flexibility index (Phi) is 22.6. The third kappa shape index (κ3) is 18.9. The average Bonchev–Trinajstić information content (AvgIpc) is 4.13. The van der Waals surface area contributed by atoms with Crippen molar-refractivity contribution >= 4 is 65.5 Å². The second-order valence-electron chi connectivity index (χ2n) is 19.9. The molecule has 0 aromatic heterocycles. The maximum Gasteiger partial charge on any atom is 0.411 e. The summed E-state index contributed by atoms with van der Waals surface area (Å²) in [6, 6.07) is 48.4. The highest BCUT2D eigenvalue weighted by atomic mass is 31.1. The summed E-state index contributed by atoms with van der Waals surface area (Å²) in [6.45, 7) is 16.3. The normalized spacial score (nSPS) is 14.8. The van der Waals surface area contributed by atoms with Crippen molar-refractivity contribution in [2.75, 3.05) is 34.4 Å². The van der Waals surface area contributed by atoms with Gasteiger partial charge < -0.3 is 36.6 Å². The molecule has 396 valence electrons. The Bertz CT molecular complexity index is 2690. The highest BCUT2D eigenvalue weighted by Gasteiger charge is 2.36. The van der Waals surface area contributed by atoms with E-state index in [9.17, 15) is 19.2 Å². The van der Waals surface area contributed by atoms with Gasteiger partial charge in [0.05, 0.1) is 6.61 Å². The molecule has 0 heterocycles. The number of aryl methyl sites for hydroxylation is 4. The van der Waals surface area contributed by atoms with Crippen molar-refractivity contribution in [1.82, 2.24) is 16.0 Å². The summed E-state index contributed by atoms with van der Waals surface area (Å²) in [6.07, 6.45) is 8.60. The molecule has 7 N–H and O–H groups in total. The van der Waals surface area contributed by atoms with E-state index in [2.05, 4.69) is 112 Å². The summed E-state index contributed by atoms with van der Waals surface area (Å²) in [5.41, 5.74) is 9.57. The maximum atomic E-state index is 12.2. The molecule has 0 spiro atoms. The minimum atomic E-state index is -0.522. The number of carbonyl (C=O) groups excluding carboxylic acids is 4. The van der Waals surface area contributed by atoms with Gasteiger partial charge in [0.15, 0.2) is 0 Å². The van der Waals surface area contributed by atoms with Gasteiger partial charge in [-0.05, 0) is 149 Å². The Balaban J connectivity index is 0.000000185. The zero-order valence-corrected chi connectivity index (χ0v) is 45.8. The lowest BCUT2D eigenvalue weighted by atomic mass is 9.94. The SMILES string of the molecule is CC(C)C1CCCC1P(c1ccccc1)c1ccccc1.CCOC(=O)Nc1cc(NC(=O)NCc2ccc(C)cc2)ccc1C.Cc1ccc(CNC(=O)Nc2ccc(C)c(NC(=O)NCC3CCCC3)c2)cc1. The van der Waals surface area contributed by atoms with Crippen LogP contribution in [0.3, 0.4) is 0 Å². The second kappa shape index (κ2) is 29.7. The molecule has 2 unspecified atom stereocenters. The smallest absolute Gasteiger partial charge is 0.411 e. The summed E-state index contributed by atoms with van der Waals surface area (Å²) in [5.74, 6) is 2.28. The number of ether oxygens (including phenoxy) is 1. The van der Waals surface area contributed by atoms with E-state index in [4.69, 9.17) is 4.74 Å². The Morgan fingerprint density at radius 1 is 0.533 bits per heavy atom. The Hall–Kier alpha value is -7.17. The van der Waals surface area contributed by atoms with Crippen molar-refractivity contribution in [1.29, 1.82) is 0 Å². The number of urea groups is 3. The number of anilines is 4. The van der Waals surface area contributed by atoms with Gasteiger partial charge in [-0.15, -0.1) is 0 Å². The van der Waals surface area contributed by atoms with E-state index in [1.165, 1.54) is 56.1 Å². The molecule has 6 aromatic rings. The lowest BCUT2D eigenvalue weighted by Crippen LogP contribution is -2.32. The number of amides is 7. The fourth-order valence-corrected chi connectivity index (χ4v) is 12.8. The Morgan fingerprint density at radius 3 is 1.47 bits per heavy atom. The monoisotopic (exact) mass is 1030 g/mol. The molecule has 0 bridgehead atoms. The topological polar surface area (TPSA) is 162 Å². The third-order valence-corrected chi connectivity index (χ3v) is 16.7. The van der Waals surface area contributed by atoms with E-state index in [0.717, 1.165) is 39.7 Å². The third-order valence-electron chi connectivity index (χ3n) is 13.7.